The monoisotopic (exact) mass is 722 g/mol. The van der Waals surface area contributed by atoms with Crippen molar-refractivity contribution in [1.29, 1.82) is 0 Å². The van der Waals surface area contributed by atoms with Gasteiger partial charge in [0, 0.05) is 0 Å². The van der Waals surface area contributed by atoms with Crippen molar-refractivity contribution >= 4 is 21.5 Å². The third-order valence-electron chi connectivity index (χ3n) is 11.9. The van der Waals surface area contributed by atoms with Gasteiger partial charge < -0.3 is 0 Å². The average molecular weight is 723 g/mol. The summed E-state index contributed by atoms with van der Waals surface area (Å²) in [7, 11) is 0. The quantitative estimate of drug-likeness (QED) is 0.150. The molecule has 0 saturated carbocycles. The molecule has 0 nitrogen and oxygen atoms in total. The van der Waals surface area contributed by atoms with Gasteiger partial charge in [-0.25, -0.2) is 0 Å². The van der Waals surface area contributed by atoms with E-state index >= 15 is 0 Å². The van der Waals surface area contributed by atoms with E-state index in [1.807, 2.05) is 0 Å². The van der Waals surface area contributed by atoms with Crippen LogP contribution in [0.4, 0.5) is 0 Å². The van der Waals surface area contributed by atoms with Crippen LogP contribution < -0.4 is 0 Å². The highest BCUT2D eigenvalue weighted by molar-refractivity contribution is 6.26. The zero-order chi connectivity index (χ0) is 37.7. The molecule has 1 aliphatic rings. The molecular formula is C57H38. The molecule has 0 spiro atoms. The van der Waals surface area contributed by atoms with Gasteiger partial charge in [0.15, 0.2) is 0 Å². The van der Waals surface area contributed by atoms with Gasteiger partial charge in [0.25, 0.3) is 0 Å². The fraction of sp³-hybridized carbons (Fsp3) is 0.0175. The molecule has 0 heteroatoms. The second-order valence-electron chi connectivity index (χ2n) is 15.1. The molecule has 0 aliphatic heterocycles. The highest BCUT2D eigenvalue weighted by Gasteiger charge is 2.30. The predicted octanol–water partition coefficient (Wildman–Crippen LogP) is 15.6. The van der Waals surface area contributed by atoms with Crippen LogP contribution in [0, 0.1) is 0 Å². The van der Waals surface area contributed by atoms with Crippen molar-refractivity contribution < 1.29 is 0 Å². The number of hydrogen-bond donors (Lipinski definition) is 0. The maximum atomic E-state index is 2.50. The maximum absolute atomic E-state index is 2.50. The summed E-state index contributed by atoms with van der Waals surface area (Å²) in [4.78, 5) is 0. The summed E-state index contributed by atoms with van der Waals surface area (Å²) in [5.41, 5.74) is 20.4. The predicted molar refractivity (Wildman–Crippen MR) is 242 cm³/mol. The van der Waals surface area contributed by atoms with Gasteiger partial charge in [-0.15, -0.1) is 0 Å². The lowest BCUT2D eigenvalue weighted by Gasteiger charge is -2.26. The Morgan fingerprint density at radius 2 is 0.596 bits per heavy atom. The number of fused-ring (bicyclic) bond motifs is 5. The molecular weight excluding hydrogens is 685 g/mol. The van der Waals surface area contributed by atoms with Crippen LogP contribution in [-0.2, 0) is 6.42 Å². The Bertz CT molecular complexity index is 2990. The molecule has 266 valence electrons. The first-order chi connectivity index (χ1) is 28.3. The van der Waals surface area contributed by atoms with Gasteiger partial charge in [-0.05, 0) is 123 Å². The third kappa shape index (κ3) is 5.45. The zero-order valence-corrected chi connectivity index (χ0v) is 31.5. The molecule has 0 amide bonds. The standard InChI is InChI=1S/C57H38/c1-5-20-38(21-6-1)44-34-19-35-45(39-22-7-2-8-23-39)54(44)55-47-30-15-17-32-49(47)56(50-33-18-16-31-48(50)55)57-51(40-24-9-3-10-25-40)37-43-36-42-28-13-14-29-46(42)52(43)53(57)41-26-11-4-12-27-41/h1-35,37H,36H2. The molecule has 0 saturated heterocycles. The molecule has 57 heavy (non-hydrogen) atoms. The topological polar surface area (TPSA) is 0 Å². The second-order valence-corrected chi connectivity index (χ2v) is 15.1. The Labute approximate surface area is 334 Å². The molecule has 10 aromatic rings. The van der Waals surface area contributed by atoms with Gasteiger partial charge in [0.1, 0.15) is 0 Å². The zero-order valence-electron chi connectivity index (χ0n) is 31.5. The third-order valence-corrected chi connectivity index (χ3v) is 11.9. The first kappa shape index (κ1) is 33.1. The van der Waals surface area contributed by atoms with Crippen molar-refractivity contribution in [2.24, 2.45) is 0 Å². The average Bonchev–Trinajstić information content (AvgIpc) is 3.67. The summed E-state index contributed by atoms with van der Waals surface area (Å²) in [6, 6.07) is 80.5. The van der Waals surface area contributed by atoms with Crippen LogP contribution in [0.2, 0.25) is 0 Å². The molecule has 0 atom stereocenters. The maximum Gasteiger partial charge on any atom is -0.000787 e. The first-order valence-electron chi connectivity index (χ1n) is 19.9. The molecule has 0 aromatic heterocycles. The molecule has 0 N–H and O–H groups in total. The first-order valence-corrected chi connectivity index (χ1v) is 19.9. The summed E-state index contributed by atoms with van der Waals surface area (Å²) in [6.45, 7) is 0. The normalized spacial score (nSPS) is 11.8. The van der Waals surface area contributed by atoms with Gasteiger partial charge in [-0.1, -0.05) is 212 Å². The Hall–Kier alpha value is -7.28. The Balaban J connectivity index is 1.34. The van der Waals surface area contributed by atoms with Crippen molar-refractivity contribution in [1.82, 2.24) is 0 Å². The van der Waals surface area contributed by atoms with Gasteiger partial charge in [0.05, 0.1) is 0 Å². The summed E-state index contributed by atoms with van der Waals surface area (Å²) in [6.07, 6.45) is 0.921. The Morgan fingerprint density at radius 3 is 1.11 bits per heavy atom. The molecule has 0 fully saturated rings. The minimum atomic E-state index is 0.921. The lowest BCUT2D eigenvalue weighted by Crippen LogP contribution is -1.99. The SMILES string of the molecule is c1ccc(-c2cccc(-c3ccccc3)c2-c2c3ccccc3c(-c3c(-c4ccccc4)cc4c(c3-c3ccccc3)-c3ccccc3C4)c3ccccc23)cc1. The Morgan fingerprint density at radius 1 is 0.211 bits per heavy atom. The highest BCUT2D eigenvalue weighted by Crippen LogP contribution is 2.56. The minimum absolute atomic E-state index is 0.921. The van der Waals surface area contributed by atoms with E-state index in [1.54, 1.807) is 0 Å². The van der Waals surface area contributed by atoms with Crippen LogP contribution in [0.3, 0.4) is 0 Å². The van der Waals surface area contributed by atoms with E-state index in [1.165, 1.54) is 111 Å². The molecule has 0 unspecified atom stereocenters. The van der Waals surface area contributed by atoms with Gasteiger partial charge in [-0.2, -0.15) is 0 Å². The number of rotatable bonds is 6. The van der Waals surface area contributed by atoms with E-state index in [-0.39, 0.29) is 0 Å². The molecule has 10 aromatic carbocycles. The largest absolute Gasteiger partial charge is 0.0622 e. The van der Waals surface area contributed by atoms with Crippen LogP contribution in [0.1, 0.15) is 11.1 Å². The van der Waals surface area contributed by atoms with Crippen LogP contribution in [0.15, 0.2) is 218 Å². The van der Waals surface area contributed by atoms with Crippen molar-refractivity contribution in [3.05, 3.63) is 230 Å². The summed E-state index contributed by atoms with van der Waals surface area (Å²) < 4.78 is 0. The second kappa shape index (κ2) is 13.8. The summed E-state index contributed by atoms with van der Waals surface area (Å²) >= 11 is 0. The molecule has 0 radical (unpaired) electrons. The number of hydrogen-bond acceptors (Lipinski definition) is 0. The fourth-order valence-electron chi connectivity index (χ4n) is 9.51. The van der Waals surface area contributed by atoms with Crippen LogP contribution in [-0.4, -0.2) is 0 Å². The van der Waals surface area contributed by atoms with E-state index in [2.05, 4.69) is 218 Å². The van der Waals surface area contributed by atoms with E-state index in [0.29, 0.717) is 0 Å². The van der Waals surface area contributed by atoms with Crippen LogP contribution in [0.25, 0.3) is 99.4 Å². The molecule has 0 bridgehead atoms. The van der Waals surface area contributed by atoms with E-state index < -0.39 is 0 Å². The van der Waals surface area contributed by atoms with Gasteiger partial charge in [-0.3, -0.25) is 0 Å². The van der Waals surface area contributed by atoms with Crippen molar-refractivity contribution in [2.45, 2.75) is 6.42 Å². The fourth-order valence-corrected chi connectivity index (χ4v) is 9.51. The van der Waals surface area contributed by atoms with Gasteiger partial charge >= 0.3 is 0 Å². The van der Waals surface area contributed by atoms with Crippen molar-refractivity contribution in [3.8, 4) is 77.9 Å². The lowest BCUT2D eigenvalue weighted by atomic mass is 9.77. The van der Waals surface area contributed by atoms with Crippen LogP contribution >= 0.6 is 0 Å². The van der Waals surface area contributed by atoms with E-state index in [4.69, 9.17) is 0 Å². The van der Waals surface area contributed by atoms with Crippen LogP contribution in [0.5, 0.6) is 0 Å². The number of benzene rings is 10. The summed E-state index contributed by atoms with van der Waals surface area (Å²) in [5, 5.41) is 4.97. The Kier molecular flexibility index (Phi) is 8.00. The highest BCUT2D eigenvalue weighted by atomic mass is 14.3. The molecule has 0 heterocycles. The lowest BCUT2D eigenvalue weighted by molar-refractivity contribution is 1.26. The minimum Gasteiger partial charge on any atom is -0.0622 e. The van der Waals surface area contributed by atoms with Crippen molar-refractivity contribution in [3.63, 3.8) is 0 Å². The van der Waals surface area contributed by atoms with E-state index in [9.17, 15) is 0 Å². The summed E-state index contributed by atoms with van der Waals surface area (Å²) in [5.74, 6) is 0. The molecule has 1 aliphatic carbocycles. The smallest absolute Gasteiger partial charge is 0.000787 e. The van der Waals surface area contributed by atoms with Gasteiger partial charge in [0.2, 0.25) is 0 Å². The van der Waals surface area contributed by atoms with E-state index in [0.717, 1.165) is 6.42 Å². The molecule has 11 rings (SSSR count). The van der Waals surface area contributed by atoms with Crippen molar-refractivity contribution in [2.75, 3.05) is 0 Å².